The molecular weight excluding hydrogens is 620 g/mol. The third-order valence-corrected chi connectivity index (χ3v) is 7.09. The van der Waals surface area contributed by atoms with E-state index in [2.05, 4.69) is 15.9 Å². The standard InChI is InChI=1S/C24H12BrClF4N2O5S/c25-15-8-12(4-6-19(15)37-20-7-5-13(24(28,29)30)10-18(20)32(35)36)9-21-22(33)31(23(34)38-21)11-14-16(26)2-1-3-17(14)27/h1-10H,11H2. The molecule has 0 radical (unpaired) electrons. The minimum absolute atomic E-state index is 0.000627. The van der Waals surface area contributed by atoms with E-state index in [1.807, 2.05) is 0 Å². The molecule has 0 aromatic heterocycles. The van der Waals surface area contributed by atoms with Gasteiger partial charge in [0.25, 0.3) is 11.1 Å². The number of rotatable bonds is 6. The molecule has 0 bridgehead atoms. The van der Waals surface area contributed by atoms with E-state index < -0.39 is 45.1 Å². The fraction of sp³-hybridized carbons (Fsp3) is 0.0833. The summed E-state index contributed by atoms with van der Waals surface area (Å²) in [5.41, 5.74) is -1.64. The normalized spacial score (nSPS) is 14.9. The van der Waals surface area contributed by atoms with Crippen molar-refractivity contribution >= 4 is 62.2 Å². The van der Waals surface area contributed by atoms with Crippen LogP contribution in [0.2, 0.25) is 5.02 Å². The molecule has 0 atom stereocenters. The SMILES string of the molecule is O=C1SC(=Cc2ccc(Oc3ccc(C(F)(F)F)cc3[N+](=O)[O-])c(Br)c2)C(=O)N1Cc1c(F)cccc1Cl. The highest BCUT2D eigenvalue weighted by atomic mass is 79.9. The van der Waals surface area contributed by atoms with Gasteiger partial charge in [-0.2, -0.15) is 13.2 Å². The summed E-state index contributed by atoms with van der Waals surface area (Å²) in [6.07, 6.45) is -3.36. The quantitative estimate of drug-likeness (QED) is 0.118. The highest BCUT2D eigenvalue weighted by molar-refractivity contribution is 9.10. The minimum atomic E-state index is -4.77. The molecule has 0 spiro atoms. The van der Waals surface area contributed by atoms with Crippen LogP contribution in [0.1, 0.15) is 16.7 Å². The van der Waals surface area contributed by atoms with Gasteiger partial charge in [0.1, 0.15) is 11.6 Å². The van der Waals surface area contributed by atoms with Crippen molar-refractivity contribution in [3.8, 4) is 11.5 Å². The number of nitro groups is 1. The molecule has 7 nitrogen and oxygen atoms in total. The van der Waals surface area contributed by atoms with Crippen molar-refractivity contribution in [2.75, 3.05) is 0 Å². The number of imide groups is 1. The van der Waals surface area contributed by atoms with Crippen LogP contribution in [0.4, 0.5) is 28.0 Å². The molecule has 0 saturated carbocycles. The van der Waals surface area contributed by atoms with Gasteiger partial charge >= 0.3 is 11.9 Å². The van der Waals surface area contributed by atoms with Crippen LogP contribution in [0.25, 0.3) is 6.08 Å². The van der Waals surface area contributed by atoms with Gasteiger partial charge in [-0.05, 0) is 75.7 Å². The van der Waals surface area contributed by atoms with E-state index in [1.54, 1.807) is 0 Å². The third kappa shape index (κ3) is 5.84. The molecule has 3 aromatic rings. The van der Waals surface area contributed by atoms with Crippen molar-refractivity contribution in [3.05, 3.63) is 102 Å². The number of hydrogen-bond donors (Lipinski definition) is 0. The Kier molecular flexibility index (Phi) is 7.81. The smallest absolute Gasteiger partial charge is 0.416 e. The molecule has 1 aliphatic rings. The van der Waals surface area contributed by atoms with Gasteiger partial charge in [0.15, 0.2) is 0 Å². The van der Waals surface area contributed by atoms with Gasteiger partial charge < -0.3 is 4.74 Å². The van der Waals surface area contributed by atoms with E-state index in [-0.39, 0.29) is 32.3 Å². The zero-order chi connectivity index (χ0) is 27.8. The molecule has 1 fully saturated rings. The maximum absolute atomic E-state index is 14.1. The van der Waals surface area contributed by atoms with Gasteiger partial charge in [0.05, 0.1) is 26.4 Å². The lowest BCUT2D eigenvalue weighted by Gasteiger charge is -2.14. The maximum atomic E-state index is 14.1. The Morgan fingerprint density at radius 1 is 1.11 bits per heavy atom. The molecular formula is C24H12BrClF4N2O5S. The second-order valence-corrected chi connectivity index (χ2v) is 9.95. The zero-order valence-corrected chi connectivity index (χ0v) is 21.8. The molecule has 1 heterocycles. The molecule has 14 heteroatoms. The molecule has 196 valence electrons. The Balaban J connectivity index is 1.55. The van der Waals surface area contributed by atoms with E-state index >= 15 is 0 Å². The van der Waals surface area contributed by atoms with Crippen molar-refractivity contribution in [1.29, 1.82) is 0 Å². The summed E-state index contributed by atoms with van der Waals surface area (Å²) in [7, 11) is 0. The van der Waals surface area contributed by atoms with Crippen LogP contribution < -0.4 is 4.74 Å². The highest BCUT2D eigenvalue weighted by Gasteiger charge is 2.36. The van der Waals surface area contributed by atoms with Gasteiger partial charge in [-0.15, -0.1) is 0 Å². The Hall–Kier alpha value is -3.42. The number of halogens is 6. The topological polar surface area (TPSA) is 89.7 Å². The molecule has 0 aliphatic carbocycles. The Bertz CT molecular complexity index is 1500. The first kappa shape index (κ1) is 27.6. The van der Waals surface area contributed by atoms with Gasteiger partial charge in [0, 0.05) is 16.7 Å². The summed E-state index contributed by atoms with van der Waals surface area (Å²) >= 11 is 9.88. The van der Waals surface area contributed by atoms with Crippen LogP contribution in [-0.2, 0) is 17.5 Å². The number of carbonyl (C=O) groups is 2. The van der Waals surface area contributed by atoms with E-state index in [9.17, 15) is 37.3 Å². The second kappa shape index (κ2) is 10.8. The van der Waals surface area contributed by atoms with E-state index in [1.165, 1.54) is 36.4 Å². The predicted octanol–water partition coefficient (Wildman–Crippen LogP) is 8.20. The van der Waals surface area contributed by atoms with Crippen LogP contribution in [-0.4, -0.2) is 21.0 Å². The van der Waals surface area contributed by atoms with Crippen LogP contribution >= 0.6 is 39.3 Å². The lowest BCUT2D eigenvalue weighted by atomic mass is 10.1. The largest absolute Gasteiger partial charge is 0.449 e. The molecule has 0 unspecified atom stereocenters. The van der Waals surface area contributed by atoms with E-state index in [4.69, 9.17) is 16.3 Å². The fourth-order valence-electron chi connectivity index (χ4n) is 3.36. The summed E-state index contributed by atoms with van der Waals surface area (Å²) in [5, 5.41) is 10.8. The number of carbonyl (C=O) groups excluding carboxylic acids is 2. The Labute approximate surface area is 229 Å². The number of nitrogens with zero attached hydrogens (tertiary/aromatic N) is 2. The first-order valence-electron chi connectivity index (χ1n) is 10.4. The average molecular weight is 632 g/mol. The summed E-state index contributed by atoms with van der Waals surface area (Å²) in [6, 6.07) is 10.2. The summed E-state index contributed by atoms with van der Waals surface area (Å²) in [6.45, 7) is -0.351. The number of benzene rings is 3. The first-order chi connectivity index (χ1) is 17.8. The van der Waals surface area contributed by atoms with Crippen molar-refractivity contribution in [3.63, 3.8) is 0 Å². The summed E-state index contributed by atoms with van der Waals surface area (Å²) in [4.78, 5) is 36.5. The van der Waals surface area contributed by atoms with Crippen molar-refractivity contribution < 1.29 is 36.8 Å². The molecule has 4 rings (SSSR count). The van der Waals surface area contributed by atoms with Crippen LogP contribution in [0, 0.1) is 15.9 Å². The Morgan fingerprint density at radius 3 is 2.45 bits per heavy atom. The number of amides is 2. The van der Waals surface area contributed by atoms with Crippen LogP contribution in [0.5, 0.6) is 11.5 Å². The summed E-state index contributed by atoms with van der Waals surface area (Å²) in [5.74, 6) is -1.68. The fourth-order valence-corrected chi connectivity index (χ4v) is 4.90. The Morgan fingerprint density at radius 2 is 1.82 bits per heavy atom. The van der Waals surface area contributed by atoms with Gasteiger partial charge in [-0.1, -0.05) is 23.7 Å². The van der Waals surface area contributed by atoms with Crippen molar-refractivity contribution in [2.45, 2.75) is 12.7 Å². The average Bonchev–Trinajstić information content (AvgIpc) is 3.09. The molecule has 0 N–H and O–H groups in total. The molecule has 3 aromatic carbocycles. The number of hydrogen-bond acceptors (Lipinski definition) is 6. The molecule has 1 saturated heterocycles. The highest BCUT2D eigenvalue weighted by Crippen LogP contribution is 2.40. The number of thioether (sulfide) groups is 1. The molecule has 2 amide bonds. The van der Waals surface area contributed by atoms with Crippen molar-refractivity contribution in [2.24, 2.45) is 0 Å². The van der Waals surface area contributed by atoms with Gasteiger partial charge in [0.2, 0.25) is 5.75 Å². The van der Waals surface area contributed by atoms with Crippen LogP contribution in [0.15, 0.2) is 64.0 Å². The van der Waals surface area contributed by atoms with Gasteiger partial charge in [-0.3, -0.25) is 24.6 Å². The third-order valence-electron chi connectivity index (χ3n) is 5.21. The van der Waals surface area contributed by atoms with E-state index in [0.717, 1.165) is 17.0 Å². The number of ether oxygens (including phenoxy) is 1. The summed E-state index contributed by atoms with van der Waals surface area (Å²) < 4.78 is 58.7. The maximum Gasteiger partial charge on any atom is 0.416 e. The number of nitro benzene ring substituents is 1. The number of alkyl halides is 3. The monoisotopic (exact) mass is 630 g/mol. The van der Waals surface area contributed by atoms with E-state index in [0.29, 0.717) is 29.5 Å². The predicted molar refractivity (Wildman–Crippen MR) is 135 cm³/mol. The van der Waals surface area contributed by atoms with Crippen LogP contribution in [0.3, 0.4) is 0 Å². The zero-order valence-electron chi connectivity index (χ0n) is 18.6. The molecule has 38 heavy (non-hydrogen) atoms. The molecule has 1 aliphatic heterocycles. The van der Waals surface area contributed by atoms with Crippen molar-refractivity contribution in [1.82, 2.24) is 4.90 Å². The van der Waals surface area contributed by atoms with Gasteiger partial charge in [-0.25, -0.2) is 4.39 Å². The second-order valence-electron chi connectivity index (χ2n) is 7.70. The lowest BCUT2D eigenvalue weighted by molar-refractivity contribution is -0.385. The lowest BCUT2D eigenvalue weighted by Crippen LogP contribution is -2.28. The first-order valence-corrected chi connectivity index (χ1v) is 12.3. The minimum Gasteiger partial charge on any atom is -0.449 e.